The SMILES string of the molecule is CCCC1=NN2C(=N)/C(=C/c3cc(Br)c(OCc4ccccc4Cl)c(OCC)c3)C(=O)N=C2S1. The van der Waals surface area contributed by atoms with Crippen molar-refractivity contribution in [3.63, 3.8) is 0 Å². The van der Waals surface area contributed by atoms with Gasteiger partial charge in [0.1, 0.15) is 11.7 Å². The average molecular weight is 562 g/mol. The molecule has 0 saturated carbocycles. The van der Waals surface area contributed by atoms with Crippen LogP contribution in [0.15, 0.2) is 56.5 Å². The molecule has 176 valence electrons. The monoisotopic (exact) mass is 560 g/mol. The summed E-state index contributed by atoms with van der Waals surface area (Å²) < 4.78 is 12.5. The Morgan fingerprint density at radius 3 is 2.76 bits per heavy atom. The van der Waals surface area contributed by atoms with Crippen LogP contribution >= 0.6 is 39.3 Å². The number of hydrazone groups is 1. The van der Waals surface area contributed by atoms with Crippen LogP contribution in [0.4, 0.5) is 0 Å². The van der Waals surface area contributed by atoms with Crippen LogP contribution in [0.2, 0.25) is 5.02 Å². The highest BCUT2D eigenvalue weighted by Gasteiger charge is 2.35. The Balaban J connectivity index is 1.63. The average Bonchev–Trinajstić information content (AvgIpc) is 3.20. The van der Waals surface area contributed by atoms with Gasteiger partial charge < -0.3 is 9.47 Å². The summed E-state index contributed by atoms with van der Waals surface area (Å²) in [6.07, 6.45) is 3.32. The molecule has 7 nitrogen and oxygen atoms in total. The Bertz CT molecular complexity index is 1240. The van der Waals surface area contributed by atoms with Crippen LogP contribution in [-0.4, -0.2) is 33.6 Å². The summed E-state index contributed by atoms with van der Waals surface area (Å²) >= 11 is 11.1. The second kappa shape index (κ2) is 10.8. The third-order valence-electron chi connectivity index (χ3n) is 4.93. The molecule has 0 saturated heterocycles. The number of halogens is 2. The van der Waals surface area contributed by atoms with Crippen LogP contribution in [0.1, 0.15) is 37.8 Å². The van der Waals surface area contributed by atoms with Crippen molar-refractivity contribution in [3.05, 3.63) is 62.6 Å². The molecule has 2 aliphatic heterocycles. The highest BCUT2D eigenvalue weighted by Crippen LogP contribution is 2.39. The zero-order valence-electron chi connectivity index (χ0n) is 18.6. The van der Waals surface area contributed by atoms with Gasteiger partial charge in [0, 0.05) is 10.6 Å². The molecule has 0 spiro atoms. The van der Waals surface area contributed by atoms with Crippen LogP contribution < -0.4 is 9.47 Å². The second-order valence-corrected chi connectivity index (χ2v) is 9.71. The number of benzene rings is 2. The van der Waals surface area contributed by atoms with Gasteiger partial charge in [0.15, 0.2) is 17.3 Å². The van der Waals surface area contributed by atoms with E-state index in [1.54, 1.807) is 12.1 Å². The lowest BCUT2D eigenvalue weighted by Crippen LogP contribution is -2.35. The Morgan fingerprint density at radius 2 is 2.03 bits per heavy atom. The van der Waals surface area contributed by atoms with Gasteiger partial charge in [0.05, 0.1) is 16.7 Å². The van der Waals surface area contributed by atoms with Crippen molar-refractivity contribution >= 4 is 67.3 Å². The van der Waals surface area contributed by atoms with Gasteiger partial charge >= 0.3 is 0 Å². The van der Waals surface area contributed by atoms with Gasteiger partial charge in [-0.1, -0.05) is 36.7 Å². The van der Waals surface area contributed by atoms with Crippen molar-refractivity contribution in [1.82, 2.24) is 5.01 Å². The molecule has 2 aliphatic rings. The van der Waals surface area contributed by atoms with Crippen LogP contribution in [-0.2, 0) is 11.4 Å². The maximum Gasteiger partial charge on any atom is 0.283 e. The number of carbonyl (C=O) groups is 1. The first kappa shape index (κ1) is 24.5. The number of hydrogen-bond acceptors (Lipinski definition) is 6. The van der Waals surface area contributed by atoms with Crippen LogP contribution in [0, 0.1) is 5.41 Å². The number of amidine groups is 2. The lowest BCUT2D eigenvalue weighted by molar-refractivity contribution is -0.114. The van der Waals surface area contributed by atoms with Crippen molar-refractivity contribution in [2.24, 2.45) is 10.1 Å². The van der Waals surface area contributed by atoms with E-state index in [1.165, 1.54) is 16.8 Å². The number of amides is 1. The predicted molar refractivity (Wildman–Crippen MR) is 141 cm³/mol. The van der Waals surface area contributed by atoms with Crippen molar-refractivity contribution in [2.75, 3.05) is 6.61 Å². The standard InChI is InChI=1S/C24H22BrClN4O3S/c1-3-7-20-29-30-22(27)16(23(31)28-24(30)34-20)10-14-11-17(25)21(19(12-14)32-4-2)33-13-15-8-5-6-9-18(15)26/h5-6,8-12,27H,3-4,7,13H2,1-2H3/b16-10-,27-22?. The number of aliphatic imine (C=N–C) groups is 1. The Labute approximate surface area is 215 Å². The number of nitrogens with zero attached hydrogens (tertiary/aromatic N) is 3. The zero-order valence-corrected chi connectivity index (χ0v) is 21.8. The normalized spacial score (nSPS) is 16.5. The minimum absolute atomic E-state index is 0.00160. The first-order valence-electron chi connectivity index (χ1n) is 10.7. The molecule has 0 radical (unpaired) electrons. The van der Waals surface area contributed by atoms with Crippen LogP contribution in [0.5, 0.6) is 11.5 Å². The highest BCUT2D eigenvalue weighted by atomic mass is 79.9. The van der Waals surface area contributed by atoms with E-state index in [0.717, 1.165) is 23.4 Å². The summed E-state index contributed by atoms with van der Waals surface area (Å²) in [4.78, 5) is 16.8. The maximum absolute atomic E-state index is 12.7. The van der Waals surface area contributed by atoms with Gasteiger partial charge in [-0.3, -0.25) is 10.2 Å². The molecule has 4 rings (SSSR count). The van der Waals surface area contributed by atoms with E-state index >= 15 is 0 Å². The van der Waals surface area contributed by atoms with Crippen molar-refractivity contribution in [3.8, 4) is 11.5 Å². The summed E-state index contributed by atoms with van der Waals surface area (Å²) in [7, 11) is 0. The molecule has 1 amide bonds. The van der Waals surface area contributed by atoms with Crippen molar-refractivity contribution in [1.29, 1.82) is 5.41 Å². The molecule has 0 aliphatic carbocycles. The Kier molecular flexibility index (Phi) is 7.75. The fourth-order valence-corrected chi connectivity index (χ4v) is 5.10. The van der Waals surface area contributed by atoms with Crippen LogP contribution in [0.3, 0.4) is 0 Å². The molecule has 0 bridgehead atoms. The zero-order chi connectivity index (χ0) is 24.2. The fourth-order valence-electron chi connectivity index (χ4n) is 3.35. The second-order valence-electron chi connectivity index (χ2n) is 7.41. The van der Waals surface area contributed by atoms with Gasteiger partial charge in [-0.15, -0.1) is 0 Å². The number of thioether (sulfide) groups is 1. The topological polar surface area (TPSA) is 87.3 Å². The van der Waals surface area contributed by atoms with Gasteiger partial charge in [0.2, 0.25) is 5.17 Å². The predicted octanol–water partition coefficient (Wildman–Crippen LogP) is 6.50. The van der Waals surface area contributed by atoms with Gasteiger partial charge in [0.25, 0.3) is 5.91 Å². The third kappa shape index (κ3) is 5.21. The number of nitrogens with one attached hydrogen (secondary N) is 1. The smallest absolute Gasteiger partial charge is 0.283 e. The van der Waals surface area contributed by atoms with E-state index < -0.39 is 5.91 Å². The number of hydrogen-bond donors (Lipinski definition) is 1. The van der Waals surface area contributed by atoms with E-state index in [9.17, 15) is 4.79 Å². The molecule has 2 heterocycles. The molecule has 1 N–H and O–H groups in total. The largest absolute Gasteiger partial charge is 0.490 e. The minimum atomic E-state index is -0.468. The maximum atomic E-state index is 12.7. The fraction of sp³-hybridized carbons (Fsp3) is 0.250. The van der Waals surface area contributed by atoms with E-state index in [1.807, 2.05) is 37.3 Å². The number of rotatable bonds is 8. The molecule has 0 aromatic heterocycles. The summed E-state index contributed by atoms with van der Waals surface area (Å²) in [5.74, 6) is 0.570. The van der Waals surface area contributed by atoms with Gasteiger partial charge in [-0.05, 0) is 77.3 Å². The number of fused-ring (bicyclic) bond motifs is 1. The summed E-state index contributed by atoms with van der Waals surface area (Å²) in [5, 5.41) is 16.3. The van der Waals surface area contributed by atoms with Gasteiger partial charge in [-0.25, -0.2) is 0 Å². The first-order valence-corrected chi connectivity index (χ1v) is 12.7. The molecule has 10 heteroatoms. The third-order valence-corrected chi connectivity index (χ3v) is 6.86. The molecule has 34 heavy (non-hydrogen) atoms. The molecule has 0 unspecified atom stereocenters. The number of carbonyl (C=O) groups excluding carboxylic acids is 1. The lowest BCUT2D eigenvalue weighted by Gasteiger charge is -2.20. The molecule has 2 aromatic rings. The van der Waals surface area contributed by atoms with E-state index in [0.29, 0.717) is 38.3 Å². The molecular formula is C24H22BrClN4O3S. The molecule has 0 fully saturated rings. The molecular weight excluding hydrogens is 540 g/mol. The summed E-state index contributed by atoms with van der Waals surface area (Å²) in [6, 6.07) is 11.1. The quantitative estimate of drug-likeness (QED) is 0.372. The van der Waals surface area contributed by atoms with Gasteiger partial charge in [-0.2, -0.15) is 15.1 Å². The lowest BCUT2D eigenvalue weighted by atomic mass is 10.1. The Hall–Kier alpha value is -2.62. The van der Waals surface area contributed by atoms with E-state index in [4.69, 9.17) is 26.5 Å². The van der Waals surface area contributed by atoms with E-state index in [2.05, 4.69) is 32.9 Å². The highest BCUT2D eigenvalue weighted by molar-refractivity contribution is 9.10. The summed E-state index contributed by atoms with van der Waals surface area (Å²) in [6.45, 7) is 4.63. The molecule has 2 aromatic carbocycles. The molecule has 0 atom stereocenters. The first-order chi connectivity index (χ1) is 16.4. The Morgan fingerprint density at radius 1 is 1.24 bits per heavy atom. The van der Waals surface area contributed by atoms with Crippen LogP contribution in [0.25, 0.3) is 6.08 Å². The number of ether oxygens (including phenoxy) is 2. The van der Waals surface area contributed by atoms with Crippen molar-refractivity contribution in [2.45, 2.75) is 33.3 Å². The minimum Gasteiger partial charge on any atom is -0.490 e. The van der Waals surface area contributed by atoms with E-state index in [-0.39, 0.29) is 18.0 Å². The summed E-state index contributed by atoms with van der Waals surface area (Å²) in [5.41, 5.74) is 1.67. The van der Waals surface area contributed by atoms with Crippen molar-refractivity contribution < 1.29 is 14.3 Å².